The van der Waals surface area contributed by atoms with E-state index < -0.39 is 53.0 Å². The van der Waals surface area contributed by atoms with Crippen molar-refractivity contribution in [3.63, 3.8) is 0 Å². The molecule has 2 aromatic rings. The first-order chi connectivity index (χ1) is 25.3. The number of hydrogen-bond acceptors (Lipinski definition) is 9. The van der Waals surface area contributed by atoms with Crippen molar-refractivity contribution in [3.05, 3.63) is 48.0 Å². The lowest BCUT2D eigenvalue weighted by molar-refractivity contribution is -0.146. The molecule has 3 N–H and O–H groups in total. The molecule has 0 radical (unpaired) electrons. The second-order valence-electron chi connectivity index (χ2n) is 16.1. The first-order valence-electron chi connectivity index (χ1n) is 18.9. The molecule has 0 unspecified atom stereocenters. The number of nitrogens with zero attached hydrogens (tertiary/aromatic N) is 4. The van der Waals surface area contributed by atoms with Crippen molar-refractivity contribution in [3.8, 4) is 0 Å². The highest BCUT2D eigenvalue weighted by Crippen LogP contribution is 2.46. The highest BCUT2D eigenvalue weighted by atomic mass is 16.6. The van der Waals surface area contributed by atoms with Gasteiger partial charge in [0.25, 0.3) is 5.91 Å². The van der Waals surface area contributed by atoms with E-state index >= 15 is 0 Å². The summed E-state index contributed by atoms with van der Waals surface area (Å²) in [7, 11) is 0. The Morgan fingerprint density at radius 3 is 2.58 bits per heavy atom. The molecule has 1 aliphatic carbocycles. The van der Waals surface area contributed by atoms with Crippen LogP contribution in [0.25, 0.3) is 10.9 Å². The number of anilines is 1. The molecule has 14 nitrogen and oxygen atoms in total. The van der Waals surface area contributed by atoms with Crippen LogP contribution < -0.4 is 15.5 Å². The van der Waals surface area contributed by atoms with Gasteiger partial charge in [-0.15, -0.1) is 0 Å². The molecule has 1 aromatic heterocycles. The second kappa shape index (κ2) is 14.6. The van der Waals surface area contributed by atoms with E-state index in [1.54, 1.807) is 25.7 Å². The predicted molar refractivity (Wildman–Crippen MR) is 195 cm³/mol. The molecule has 0 spiro atoms. The van der Waals surface area contributed by atoms with Crippen LogP contribution in [0.4, 0.5) is 10.6 Å². The summed E-state index contributed by atoms with van der Waals surface area (Å²) in [5.74, 6) is -2.65. The van der Waals surface area contributed by atoms with Crippen LogP contribution in [0.5, 0.6) is 0 Å². The molecule has 7 rings (SSSR count). The fourth-order valence-electron chi connectivity index (χ4n) is 8.45. The molecule has 4 aliphatic heterocycles. The number of allylic oxidation sites excluding steroid dienone is 1. The van der Waals surface area contributed by atoms with Crippen LogP contribution >= 0.6 is 0 Å². The number of morpholine rings is 1. The van der Waals surface area contributed by atoms with Crippen LogP contribution in [0.3, 0.4) is 0 Å². The van der Waals surface area contributed by atoms with Crippen molar-refractivity contribution in [2.75, 3.05) is 50.8 Å². The van der Waals surface area contributed by atoms with Crippen molar-refractivity contribution >= 4 is 46.5 Å². The number of carboxylic acid groups (broad SMARTS) is 1. The van der Waals surface area contributed by atoms with Gasteiger partial charge in [-0.2, -0.15) is 0 Å². The van der Waals surface area contributed by atoms with Crippen molar-refractivity contribution in [2.45, 2.75) is 82.5 Å². The number of benzene rings is 1. The van der Waals surface area contributed by atoms with Gasteiger partial charge in [0.2, 0.25) is 11.8 Å². The maximum atomic E-state index is 14.5. The van der Waals surface area contributed by atoms with E-state index in [4.69, 9.17) is 14.5 Å². The van der Waals surface area contributed by atoms with Gasteiger partial charge < -0.3 is 39.9 Å². The number of amides is 4. The number of para-hydroxylation sites is 1. The summed E-state index contributed by atoms with van der Waals surface area (Å²) in [4.78, 5) is 79.1. The third kappa shape index (κ3) is 7.55. The molecule has 5 aliphatic rings. The summed E-state index contributed by atoms with van der Waals surface area (Å²) in [5.41, 5.74) is -1.03. The van der Waals surface area contributed by atoms with Crippen LogP contribution in [0.1, 0.15) is 69.7 Å². The summed E-state index contributed by atoms with van der Waals surface area (Å²) in [6.45, 7) is 8.37. The van der Waals surface area contributed by atoms with E-state index in [2.05, 4.69) is 15.5 Å². The monoisotopic (exact) mass is 730 g/mol. The molecule has 53 heavy (non-hydrogen) atoms. The van der Waals surface area contributed by atoms with E-state index in [1.807, 2.05) is 42.5 Å². The van der Waals surface area contributed by atoms with Gasteiger partial charge in [0, 0.05) is 55.9 Å². The van der Waals surface area contributed by atoms with Gasteiger partial charge in [0.1, 0.15) is 29.0 Å². The van der Waals surface area contributed by atoms with Gasteiger partial charge in [-0.1, -0.05) is 43.2 Å². The summed E-state index contributed by atoms with van der Waals surface area (Å²) >= 11 is 0. The number of alkyl carbamates (subject to hydrolysis) is 1. The van der Waals surface area contributed by atoms with E-state index in [9.17, 15) is 29.1 Å². The van der Waals surface area contributed by atoms with Crippen LogP contribution in [0.2, 0.25) is 0 Å². The van der Waals surface area contributed by atoms with Gasteiger partial charge in [-0.25, -0.2) is 14.6 Å². The molecule has 4 fully saturated rings. The summed E-state index contributed by atoms with van der Waals surface area (Å²) < 4.78 is 11.0. The van der Waals surface area contributed by atoms with E-state index in [0.717, 1.165) is 24.6 Å². The van der Waals surface area contributed by atoms with Gasteiger partial charge in [0.15, 0.2) is 0 Å². The quantitative estimate of drug-likeness (QED) is 0.397. The molecular weight excluding hydrogens is 680 g/mol. The number of aromatic nitrogens is 1. The second-order valence-corrected chi connectivity index (χ2v) is 16.1. The average Bonchev–Trinajstić information content (AvgIpc) is 3.47. The lowest BCUT2D eigenvalue weighted by atomic mass is 9.93. The number of ether oxygens (including phenoxy) is 2. The predicted octanol–water partition coefficient (Wildman–Crippen LogP) is 3.34. The molecule has 6 atom stereocenters. The molecule has 1 aromatic carbocycles. The number of rotatable bonds is 4. The highest BCUT2D eigenvalue weighted by molar-refractivity contribution is 6.07. The molecule has 5 heterocycles. The van der Waals surface area contributed by atoms with Crippen LogP contribution in [0.15, 0.2) is 42.5 Å². The number of carboxylic acids is 1. The number of fused-ring (bicyclic) bond motifs is 5. The van der Waals surface area contributed by atoms with Gasteiger partial charge >= 0.3 is 12.1 Å². The fourth-order valence-corrected chi connectivity index (χ4v) is 8.45. The van der Waals surface area contributed by atoms with Crippen LogP contribution in [-0.2, 0) is 23.9 Å². The Labute approximate surface area is 309 Å². The normalized spacial score (nSPS) is 29.9. The van der Waals surface area contributed by atoms with Crippen molar-refractivity contribution in [1.29, 1.82) is 0 Å². The summed E-state index contributed by atoms with van der Waals surface area (Å²) in [6, 6.07) is 7.38. The zero-order valence-corrected chi connectivity index (χ0v) is 30.7. The third-order valence-corrected chi connectivity index (χ3v) is 11.2. The van der Waals surface area contributed by atoms with E-state index in [1.165, 1.54) is 4.90 Å². The minimum Gasteiger partial charge on any atom is -0.479 e. The SMILES string of the molecule is CC(C)(C)OC(=O)N[C@@H]1CCCCC/C=C\[C@@H]2C[C@]2(C(=O)O)NC(=O)[C@@H]2[C@H]3CN(C(=O)c4cc(N5CCOCC5)nc5ccccc45)C[C@H]3CN2C1=O. The Hall–Kier alpha value is -4.72. The first kappa shape index (κ1) is 36.6. The van der Waals surface area contributed by atoms with E-state index in [0.29, 0.717) is 62.6 Å². The summed E-state index contributed by atoms with van der Waals surface area (Å²) in [6.07, 6.45) is 6.78. The topological polar surface area (TPSA) is 171 Å². The number of pyridine rings is 1. The first-order valence-corrected chi connectivity index (χ1v) is 18.9. The standard InChI is InChI=1S/C39H50N6O8/c1-38(2,3)53-37(51)41-30-14-8-6-4-5-7-11-25-20-39(25,36(49)50)42-33(46)32-28-23-44(21-24(28)22-45(32)35(30)48)34(47)27-19-31(43-15-17-52-18-16-43)40-29-13-10-9-12-26(27)29/h7,9-13,19,24-25,28,30,32H,4-6,8,14-18,20-23H2,1-3H3,(H,41,51)(H,42,46)(H,49,50)/b11-7-/t24-,25+,28-,30+,32-,39-/m0/s1. The highest BCUT2D eigenvalue weighted by Gasteiger charge is 2.62. The molecule has 14 heteroatoms. The average molecular weight is 731 g/mol. The molecular formula is C39H50N6O8. The zero-order chi connectivity index (χ0) is 37.5. The van der Waals surface area contributed by atoms with Crippen molar-refractivity contribution < 1.29 is 38.6 Å². The molecule has 0 bridgehead atoms. The van der Waals surface area contributed by atoms with E-state index in [-0.39, 0.29) is 37.3 Å². The number of hydrogen-bond donors (Lipinski definition) is 3. The minimum absolute atomic E-state index is 0.178. The van der Waals surface area contributed by atoms with Gasteiger partial charge in [-0.3, -0.25) is 14.4 Å². The maximum absolute atomic E-state index is 14.5. The molecule has 3 saturated heterocycles. The number of aliphatic carboxylic acids is 1. The number of nitrogens with one attached hydrogen (secondary N) is 2. The Balaban J connectivity index is 1.19. The number of likely N-dealkylation sites (tertiary alicyclic amines) is 1. The van der Waals surface area contributed by atoms with Gasteiger partial charge in [-0.05, 0) is 58.6 Å². The van der Waals surface area contributed by atoms with Crippen molar-refractivity contribution in [1.82, 2.24) is 25.4 Å². The maximum Gasteiger partial charge on any atom is 0.408 e. The van der Waals surface area contributed by atoms with Crippen LogP contribution in [0, 0.1) is 17.8 Å². The zero-order valence-electron chi connectivity index (χ0n) is 30.7. The minimum atomic E-state index is -1.46. The Bertz CT molecular complexity index is 1800. The number of carbonyl (C=O) groups is 5. The number of carbonyl (C=O) groups excluding carboxylic acids is 4. The Kier molecular flexibility index (Phi) is 10.1. The van der Waals surface area contributed by atoms with Gasteiger partial charge in [0.05, 0.1) is 24.3 Å². The third-order valence-electron chi connectivity index (χ3n) is 11.2. The largest absolute Gasteiger partial charge is 0.479 e. The smallest absolute Gasteiger partial charge is 0.408 e. The lowest BCUT2D eigenvalue weighted by Gasteiger charge is -2.33. The Morgan fingerprint density at radius 1 is 1.06 bits per heavy atom. The molecule has 1 saturated carbocycles. The lowest BCUT2D eigenvalue weighted by Crippen LogP contribution is -2.58. The summed E-state index contributed by atoms with van der Waals surface area (Å²) in [5, 5.41) is 16.7. The van der Waals surface area contributed by atoms with Crippen LogP contribution in [-0.4, -0.2) is 119 Å². The fraction of sp³-hybridized carbons (Fsp3) is 0.590. The van der Waals surface area contributed by atoms with Crippen molar-refractivity contribution in [2.24, 2.45) is 17.8 Å². The Morgan fingerprint density at radius 2 is 1.83 bits per heavy atom. The molecule has 284 valence electrons. The molecule has 4 amide bonds.